The number of hydrogen-bond donors (Lipinski definition) is 2. The zero-order chi connectivity index (χ0) is 14.0. The second kappa shape index (κ2) is 5.94. The molecular formula is C14H13F2IN2. The summed E-state index contributed by atoms with van der Waals surface area (Å²) >= 11 is 2.14. The third kappa shape index (κ3) is 2.77. The predicted octanol–water partition coefficient (Wildman–Crippen LogP) is 3.43. The molecule has 2 rings (SSSR count). The average molecular weight is 374 g/mol. The highest BCUT2D eigenvalue weighted by Gasteiger charge is 2.21. The Morgan fingerprint density at radius 1 is 1.05 bits per heavy atom. The number of hydrogen-bond acceptors (Lipinski definition) is 2. The fraction of sp³-hybridized carbons (Fsp3) is 0.143. The molecule has 100 valence electrons. The summed E-state index contributed by atoms with van der Waals surface area (Å²) in [6.45, 7) is 1.53. The van der Waals surface area contributed by atoms with Crippen LogP contribution in [0.5, 0.6) is 0 Å². The molecule has 0 amide bonds. The Morgan fingerprint density at radius 2 is 1.74 bits per heavy atom. The van der Waals surface area contributed by atoms with Crippen LogP contribution >= 0.6 is 22.6 Å². The Balaban J connectivity index is 2.55. The molecule has 1 atom stereocenters. The van der Waals surface area contributed by atoms with Gasteiger partial charge < -0.3 is 0 Å². The molecule has 0 aliphatic heterocycles. The van der Waals surface area contributed by atoms with Gasteiger partial charge in [-0.1, -0.05) is 30.3 Å². The highest BCUT2D eigenvalue weighted by Crippen LogP contribution is 2.29. The van der Waals surface area contributed by atoms with E-state index in [1.54, 1.807) is 12.1 Å². The lowest BCUT2D eigenvalue weighted by molar-refractivity contribution is 0.478. The number of halogens is 3. The fourth-order valence-electron chi connectivity index (χ4n) is 1.94. The zero-order valence-electron chi connectivity index (χ0n) is 10.3. The largest absolute Gasteiger partial charge is 0.271 e. The molecule has 19 heavy (non-hydrogen) atoms. The van der Waals surface area contributed by atoms with E-state index in [4.69, 9.17) is 5.84 Å². The Labute approximate surface area is 124 Å². The molecule has 0 aliphatic rings. The number of nitrogens with two attached hydrogens (primary N) is 1. The van der Waals surface area contributed by atoms with Gasteiger partial charge in [0, 0.05) is 9.13 Å². The van der Waals surface area contributed by atoms with Gasteiger partial charge in [-0.25, -0.2) is 14.2 Å². The minimum absolute atomic E-state index is 0.203. The molecule has 0 spiro atoms. The van der Waals surface area contributed by atoms with Gasteiger partial charge in [-0.05, 0) is 46.7 Å². The van der Waals surface area contributed by atoms with Gasteiger partial charge in [0.2, 0.25) is 0 Å². The molecule has 0 bridgehead atoms. The summed E-state index contributed by atoms with van der Waals surface area (Å²) in [5.74, 6) is 3.83. The van der Waals surface area contributed by atoms with Crippen LogP contribution in [0.4, 0.5) is 8.78 Å². The first-order valence-electron chi connectivity index (χ1n) is 5.71. The summed E-state index contributed by atoms with van der Waals surface area (Å²) in [7, 11) is 0. The Morgan fingerprint density at radius 3 is 2.37 bits per heavy atom. The van der Waals surface area contributed by atoms with E-state index in [1.165, 1.54) is 6.92 Å². The van der Waals surface area contributed by atoms with Gasteiger partial charge in [0.05, 0.1) is 6.04 Å². The lowest BCUT2D eigenvalue weighted by Gasteiger charge is -2.19. The van der Waals surface area contributed by atoms with E-state index in [-0.39, 0.29) is 11.1 Å². The first kappa shape index (κ1) is 14.4. The predicted molar refractivity (Wildman–Crippen MR) is 79.4 cm³/mol. The molecule has 5 heteroatoms. The zero-order valence-corrected chi connectivity index (χ0v) is 12.4. The molecule has 3 N–H and O–H groups in total. The van der Waals surface area contributed by atoms with Gasteiger partial charge in [0.15, 0.2) is 11.6 Å². The van der Waals surface area contributed by atoms with E-state index in [0.29, 0.717) is 0 Å². The molecule has 0 aromatic heterocycles. The maximum atomic E-state index is 14.0. The lowest BCUT2D eigenvalue weighted by atomic mass is 9.97. The first-order valence-corrected chi connectivity index (χ1v) is 6.79. The van der Waals surface area contributed by atoms with Crippen LogP contribution in [0.15, 0.2) is 36.4 Å². The SMILES string of the molecule is Cc1ccc(C(NN)c2ccccc2I)c(F)c1F. The quantitative estimate of drug-likeness (QED) is 0.491. The number of rotatable bonds is 3. The molecule has 2 aromatic carbocycles. The van der Waals surface area contributed by atoms with Crippen molar-refractivity contribution in [2.24, 2.45) is 5.84 Å². The van der Waals surface area contributed by atoms with Gasteiger partial charge in [-0.15, -0.1) is 0 Å². The van der Waals surface area contributed by atoms with Crippen LogP contribution in [0.1, 0.15) is 22.7 Å². The Kier molecular flexibility index (Phi) is 4.49. The van der Waals surface area contributed by atoms with Crippen molar-refractivity contribution in [1.82, 2.24) is 5.43 Å². The van der Waals surface area contributed by atoms with Crippen molar-refractivity contribution in [3.63, 3.8) is 0 Å². The van der Waals surface area contributed by atoms with E-state index >= 15 is 0 Å². The normalized spacial score (nSPS) is 12.5. The van der Waals surface area contributed by atoms with Gasteiger partial charge >= 0.3 is 0 Å². The van der Waals surface area contributed by atoms with Gasteiger partial charge in [0.25, 0.3) is 0 Å². The van der Waals surface area contributed by atoms with Crippen molar-refractivity contribution in [3.05, 3.63) is 68.3 Å². The topological polar surface area (TPSA) is 38.0 Å². The van der Waals surface area contributed by atoms with E-state index < -0.39 is 17.7 Å². The molecule has 2 aromatic rings. The molecule has 0 fully saturated rings. The minimum Gasteiger partial charge on any atom is -0.271 e. The number of benzene rings is 2. The van der Waals surface area contributed by atoms with Gasteiger partial charge in [-0.2, -0.15) is 0 Å². The minimum atomic E-state index is -0.859. The molecule has 0 saturated carbocycles. The first-order chi connectivity index (χ1) is 9.06. The molecule has 0 saturated heterocycles. The number of nitrogens with one attached hydrogen (secondary N) is 1. The second-order valence-corrected chi connectivity index (χ2v) is 5.38. The number of aryl methyl sites for hydroxylation is 1. The highest BCUT2D eigenvalue weighted by atomic mass is 127. The standard InChI is InChI=1S/C14H13F2IN2/c1-8-6-7-10(13(16)12(8)15)14(19-18)9-4-2-3-5-11(9)17/h2-7,14,19H,18H2,1H3. The Hall–Kier alpha value is -1.05. The van der Waals surface area contributed by atoms with Crippen molar-refractivity contribution >= 4 is 22.6 Å². The van der Waals surface area contributed by atoms with Crippen LogP contribution in [0.3, 0.4) is 0 Å². The number of hydrazine groups is 1. The molecular weight excluding hydrogens is 361 g/mol. The van der Waals surface area contributed by atoms with Crippen molar-refractivity contribution in [2.45, 2.75) is 13.0 Å². The van der Waals surface area contributed by atoms with E-state index in [9.17, 15) is 8.78 Å². The molecule has 0 radical (unpaired) electrons. The maximum absolute atomic E-state index is 14.0. The van der Waals surface area contributed by atoms with Crippen molar-refractivity contribution in [1.29, 1.82) is 0 Å². The van der Waals surface area contributed by atoms with Crippen LogP contribution in [0, 0.1) is 22.1 Å². The summed E-state index contributed by atoms with van der Waals surface area (Å²) in [5, 5.41) is 0. The van der Waals surface area contributed by atoms with Gasteiger partial charge in [0.1, 0.15) is 0 Å². The van der Waals surface area contributed by atoms with E-state index in [1.807, 2.05) is 24.3 Å². The van der Waals surface area contributed by atoms with E-state index in [2.05, 4.69) is 28.0 Å². The maximum Gasteiger partial charge on any atom is 0.164 e. The second-order valence-electron chi connectivity index (χ2n) is 4.22. The highest BCUT2D eigenvalue weighted by molar-refractivity contribution is 14.1. The average Bonchev–Trinajstić information content (AvgIpc) is 2.41. The van der Waals surface area contributed by atoms with Crippen molar-refractivity contribution in [2.75, 3.05) is 0 Å². The van der Waals surface area contributed by atoms with Crippen molar-refractivity contribution in [3.8, 4) is 0 Å². The molecule has 0 heterocycles. The van der Waals surface area contributed by atoms with Crippen LogP contribution < -0.4 is 11.3 Å². The summed E-state index contributed by atoms with van der Waals surface area (Å²) in [6.07, 6.45) is 0. The molecule has 1 unspecified atom stereocenters. The third-order valence-corrected chi connectivity index (χ3v) is 3.98. The van der Waals surface area contributed by atoms with Crippen LogP contribution in [0.25, 0.3) is 0 Å². The van der Waals surface area contributed by atoms with E-state index in [0.717, 1.165) is 9.13 Å². The third-order valence-electron chi connectivity index (χ3n) is 3.00. The van der Waals surface area contributed by atoms with Gasteiger partial charge in [-0.3, -0.25) is 5.84 Å². The van der Waals surface area contributed by atoms with Crippen molar-refractivity contribution < 1.29 is 8.78 Å². The van der Waals surface area contributed by atoms with Crippen LogP contribution in [-0.4, -0.2) is 0 Å². The molecule has 0 aliphatic carbocycles. The Bertz CT molecular complexity index is 602. The summed E-state index contributed by atoms with van der Waals surface area (Å²) < 4.78 is 28.6. The van der Waals surface area contributed by atoms with Crippen LogP contribution in [-0.2, 0) is 0 Å². The summed E-state index contributed by atoms with van der Waals surface area (Å²) in [4.78, 5) is 0. The smallest absolute Gasteiger partial charge is 0.164 e. The summed E-state index contributed by atoms with van der Waals surface area (Å²) in [5.41, 5.74) is 3.85. The summed E-state index contributed by atoms with van der Waals surface area (Å²) in [6, 6.07) is 9.97. The monoisotopic (exact) mass is 374 g/mol. The molecule has 2 nitrogen and oxygen atoms in total. The van der Waals surface area contributed by atoms with Crippen LogP contribution in [0.2, 0.25) is 0 Å². The lowest BCUT2D eigenvalue weighted by Crippen LogP contribution is -2.30. The fourth-order valence-corrected chi connectivity index (χ4v) is 2.64.